The van der Waals surface area contributed by atoms with Crippen molar-refractivity contribution in [3.05, 3.63) is 28.7 Å². The predicted octanol–water partition coefficient (Wildman–Crippen LogP) is 2.69. The van der Waals surface area contributed by atoms with Crippen LogP contribution in [-0.4, -0.2) is 18.9 Å². The smallest absolute Gasteiger partial charge is 0.381 e. The van der Waals surface area contributed by atoms with E-state index in [1.165, 1.54) is 0 Å². The number of benzene rings is 1. The summed E-state index contributed by atoms with van der Waals surface area (Å²) in [4.78, 5) is 10.9. The predicted molar refractivity (Wildman–Crippen MR) is 56.3 cm³/mol. The first-order valence-corrected chi connectivity index (χ1v) is 5.15. The topological polar surface area (TPSA) is 35.5 Å². The molecule has 0 bridgehead atoms. The molecule has 82 valence electrons. The second-order valence-corrected chi connectivity index (χ2v) is 3.56. The van der Waals surface area contributed by atoms with E-state index in [1.54, 1.807) is 31.2 Å². The third-order valence-electron chi connectivity index (χ3n) is 1.51. The van der Waals surface area contributed by atoms with Crippen LogP contribution in [0.1, 0.15) is 6.92 Å². The quantitative estimate of drug-likeness (QED) is 0.794. The van der Waals surface area contributed by atoms with Gasteiger partial charge in [-0.1, -0.05) is 22.0 Å². The molecule has 0 heterocycles. The number of halogens is 2. The maximum absolute atomic E-state index is 13.1. The molecule has 0 N–H and O–H groups in total. The Bertz CT molecular complexity index is 343. The maximum Gasteiger partial charge on any atom is 0.381 e. The number of hydrogen-bond donors (Lipinski definition) is 0. The first-order valence-electron chi connectivity index (χ1n) is 4.36. The molecule has 1 aromatic carbocycles. The Morgan fingerprint density at radius 3 is 2.93 bits per heavy atom. The number of hydrogen-bond acceptors (Lipinski definition) is 3. The summed E-state index contributed by atoms with van der Waals surface area (Å²) >= 11 is 3.20. The summed E-state index contributed by atoms with van der Waals surface area (Å²) in [6.07, 6.45) is -2.08. The zero-order valence-corrected chi connectivity index (χ0v) is 9.66. The van der Waals surface area contributed by atoms with Crippen molar-refractivity contribution in [3.8, 4) is 5.75 Å². The molecule has 3 nitrogen and oxygen atoms in total. The van der Waals surface area contributed by atoms with Crippen LogP contribution in [-0.2, 0) is 9.53 Å². The number of ether oxygens (including phenoxy) is 2. The third-order valence-corrected chi connectivity index (χ3v) is 2.00. The molecule has 0 fully saturated rings. The van der Waals surface area contributed by atoms with E-state index in [0.717, 1.165) is 4.47 Å². The van der Waals surface area contributed by atoms with Gasteiger partial charge in [0, 0.05) is 4.47 Å². The molecule has 0 radical (unpaired) electrons. The number of alkyl halides is 1. The van der Waals surface area contributed by atoms with Crippen molar-refractivity contribution in [1.82, 2.24) is 0 Å². The van der Waals surface area contributed by atoms with Gasteiger partial charge in [0.1, 0.15) is 5.75 Å². The fourth-order valence-electron chi connectivity index (χ4n) is 0.916. The van der Waals surface area contributed by atoms with Gasteiger partial charge in [0.25, 0.3) is 0 Å². The Morgan fingerprint density at radius 2 is 2.33 bits per heavy atom. The second-order valence-electron chi connectivity index (χ2n) is 2.64. The molecule has 0 unspecified atom stereocenters. The highest BCUT2D eigenvalue weighted by atomic mass is 79.9. The Labute approximate surface area is 95.3 Å². The average Bonchev–Trinajstić information content (AvgIpc) is 2.18. The van der Waals surface area contributed by atoms with Crippen LogP contribution >= 0.6 is 15.9 Å². The molecule has 0 aromatic heterocycles. The maximum atomic E-state index is 13.1. The largest absolute Gasteiger partial charge is 0.461 e. The average molecular weight is 277 g/mol. The molecule has 1 aromatic rings. The van der Waals surface area contributed by atoms with Crippen LogP contribution in [0.2, 0.25) is 0 Å². The molecule has 0 saturated heterocycles. The summed E-state index contributed by atoms with van der Waals surface area (Å²) in [5.74, 6) is -0.748. The van der Waals surface area contributed by atoms with Gasteiger partial charge >= 0.3 is 12.3 Å². The van der Waals surface area contributed by atoms with Crippen molar-refractivity contribution < 1.29 is 18.7 Å². The van der Waals surface area contributed by atoms with E-state index in [4.69, 9.17) is 4.74 Å². The van der Waals surface area contributed by atoms with Crippen molar-refractivity contribution in [2.45, 2.75) is 13.3 Å². The minimum atomic E-state index is -2.08. The van der Waals surface area contributed by atoms with E-state index in [2.05, 4.69) is 20.7 Å². The molecule has 1 atom stereocenters. The summed E-state index contributed by atoms with van der Waals surface area (Å²) in [5, 5.41) is 0. The second kappa shape index (κ2) is 5.70. The molecule has 0 amide bonds. The van der Waals surface area contributed by atoms with Crippen LogP contribution in [0.15, 0.2) is 28.7 Å². The van der Waals surface area contributed by atoms with E-state index >= 15 is 0 Å². The molecule has 0 aliphatic carbocycles. The molecule has 5 heteroatoms. The SMILES string of the molecule is CCOC(=O)[C@@H](F)Oc1cccc(Br)c1. The van der Waals surface area contributed by atoms with Crippen molar-refractivity contribution in [1.29, 1.82) is 0 Å². The number of carbonyl (C=O) groups is 1. The van der Waals surface area contributed by atoms with Gasteiger partial charge in [0.15, 0.2) is 0 Å². The van der Waals surface area contributed by atoms with Crippen LogP contribution in [0.3, 0.4) is 0 Å². The zero-order chi connectivity index (χ0) is 11.3. The minimum Gasteiger partial charge on any atom is -0.461 e. The van der Waals surface area contributed by atoms with Crippen LogP contribution in [0.4, 0.5) is 4.39 Å². The van der Waals surface area contributed by atoms with E-state index in [0.29, 0.717) is 0 Å². The fraction of sp³-hybridized carbons (Fsp3) is 0.300. The van der Waals surface area contributed by atoms with E-state index < -0.39 is 12.3 Å². The Morgan fingerprint density at radius 1 is 1.60 bits per heavy atom. The molecule has 0 aliphatic heterocycles. The summed E-state index contributed by atoms with van der Waals surface area (Å²) < 4.78 is 23.0. The van der Waals surface area contributed by atoms with Crippen LogP contribution in [0.25, 0.3) is 0 Å². The highest BCUT2D eigenvalue weighted by Crippen LogP contribution is 2.19. The first kappa shape index (κ1) is 12.0. The molecule has 0 saturated carbocycles. The summed E-state index contributed by atoms with van der Waals surface area (Å²) in [5.41, 5.74) is 0. The van der Waals surface area contributed by atoms with E-state index in [1.807, 2.05) is 0 Å². The minimum absolute atomic E-state index is 0.126. The van der Waals surface area contributed by atoms with Crippen LogP contribution < -0.4 is 4.74 Å². The molecule has 1 rings (SSSR count). The lowest BCUT2D eigenvalue weighted by Gasteiger charge is -2.10. The zero-order valence-electron chi connectivity index (χ0n) is 8.07. The van der Waals surface area contributed by atoms with Crippen molar-refractivity contribution >= 4 is 21.9 Å². The number of rotatable bonds is 4. The summed E-state index contributed by atoms with van der Waals surface area (Å²) in [6.45, 7) is 1.73. The normalized spacial score (nSPS) is 11.9. The van der Waals surface area contributed by atoms with Gasteiger partial charge in [-0.2, -0.15) is 4.39 Å². The van der Waals surface area contributed by atoms with Gasteiger partial charge in [-0.3, -0.25) is 0 Å². The Hall–Kier alpha value is -1.10. The summed E-state index contributed by atoms with van der Waals surface area (Å²) in [6, 6.07) is 6.56. The Balaban J connectivity index is 2.58. The van der Waals surface area contributed by atoms with Crippen molar-refractivity contribution in [2.24, 2.45) is 0 Å². The standard InChI is InChI=1S/C10H10BrFO3/c1-2-14-10(13)9(12)15-8-5-3-4-7(11)6-8/h3-6,9H,2H2,1H3/t9-/m0/s1. The lowest BCUT2D eigenvalue weighted by molar-refractivity contribution is -0.159. The number of carbonyl (C=O) groups excluding carboxylic acids is 1. The van der Waals surface area contributed by atoms with Crippen LogP contribution in [0, 0.1) is 0 Å². The van der Waals surface area contributed by atoms with Crippen molar-refractivity contribution in [3.63, 3.8) is 0 Å². The first-order chi connectivity index (χ1) is 7.13. The number of esters is 1. The van der Waals surface area contributed by atoms with Gasteiger partial charge in [0.2, 0.25) is 0 Å². The lowest BCUT2D eigenvalue weighted by Crippen LogP contribution is -2.24. The van der Waals surface area contributed by atoms with Gasteiger partial charge in [0.05, 0.1) is 6.61 Å². The van der Waals surface area contributed by atoms with Gasteiger partial charge < -0.3 is 9.47 Å². The molecular formula is C10H10BrFO3. The highest BCUT2D eigenvalue weighted by Gasteiger charge is 2.20. The third kappa shape index (κ3) is 3.87. The van der Waals surface area contributed by atoms with Crippen LogP contribution in [0.5, 0.6) is 5.75 Å². The Kier molecular flexibility index (Phi) is 4.55. The fourth-order valence-corrected chi connectivity index (χ4v) is 1.29. The van der Waals surface area contributed by atoms with E-state index in [9.17, 15) is 9.18 Å². The monoisotopic (exact) mass is 276 g/mol. The summed E-state index contributed by atoms with van der Waals surface area (Å²) in [7, 11) is 0. The van der Waals surface area contributed by atoms with Gasteiger partial charge in [-0.25, -0.2) is 4.79 Å². The lowest BCUT2D eigenvalue weighted by atomic mass is 10.3. The van der Waals surface area contributed by atoms with Gasteiger partial charge in [-0.05, 0) is 25.1 Å². The van der Waals surface area contributed by atoms with Gasteiger partial charge in [-0.15, -0.1) is 0 Å². The molecule has 15 heavy (non-hydrogen) atoms. The molecule has 0 aliphatic rings. The molecule has 0 spiro atoms. The van der Waals surface area contributed by atoms with Crippen molar-refractivity contribution in [2.75, 3.05) is 6.61 Å². The van der Waals surface area contributed by atoms with E-state index in [-0.39, 0.29) is 12.4 Å². The molecular weight excluding hydrogens is 267 g/mol. The highest BCUT2D eigenvalue weighted by molar-refractivity contribution is 9.10.